The Morgan fingerprint density at radius 3 is 3.08 bits per heavy atom. The zero-order chi connectivity index (χ0) is 9.68. The summed E-state index contributed by atoms with van der Waals surface area (Å²) < 4.78 is 0. The molecule has 0 spiro atoms. The van der Waals surface area contributed by atoms with Crippen LogP contribution in [0.4, 0.5) is 0 Å². The summed E-state index contributed by atoms with van der Waals surface area (Å²) in [5, 5.41) is 2.70. The van der Waals surface area contributed by atoms with Crippen LogP contribution < -0.4 is 11.1 Å². The van der Waals surface area contributed by atoms with Crippen LogP contribution in [0.15, 0.2) is 18.5 Å². The fraction of sp³-hybridized carbons (Fsp3) is 0.333. The van der Waals surface area contributed by atoms with E-state index in [2.05, 4.69) is 10.3 Å². The first-order valence-corrected chi connectivity index (χ1v) is 4.10. The van der Waals surface area contributed by atoms with Gasteiger partial charge in [0.15, 0.2) is 0 Å². The number of amides is 1. The summed E-state index contributed by atoms with van der Waals surface area (Å²) >= 11 is 0. The van der Waals surface area contributed by atoms with E-state index in [4.69, 9.17) is 5.73 Å². The number of pyridine rings is 1. The predicted molar refractivity (Wildman–Crippen MR) is 49.9 cm³/mol. The highest BCUT2D eigenvalue weighted by Gasteiger charge is 1.99. The van der Waals surface area contributed by atoms with E-state index in [1.165, 1.54) is 0 Å². The van der Waals surface area contributed by atoms with E-state index in [1.54, 1.807) is 12.4 Å². The maximum Gasteiger partial charge on any atom is 0.234 e. The molecule has 0 bridgehead atoms. The second kappa shape index (κ2) is 4.57. The van der Waals surface area contributed by atoms with Crippen molar-refractivity contribution in [2.75, 3.05) is 6.54 Å². The van der Waals surface area contributed by atoms with Crippen molar-refractivity contribution in [2.24, 2.45) is 5.73 Å². The van der Waals surface area contributed by atoms with Crippen LogP contribution in [0.25, 0.3) is 0 Å². The second-order valence-corrected chi connectivity index (χ2v) is 2.78. The number of nitrogens with one attached hydrogen (secondary N) is 1. The van der Waals surface area contributed by atoms with Gasteiger partial charge in [-0.15, -0.1) is 0 Å². The van der Waals surface area contributed by atoms with Gasteiger partial charge in [0.05, 0.1) is 6.54 Å². The maximum atomic E-state index is 10.8. The number of rotatable bonds is 3. The number of hydrogen-bond acceptors (Lipinski definition) is 3. The van der Waals surface area contributed by atoms with Crippen LogP contribution in [-0.2, 0) is 11.3 Å². The van der Waals surface area contributed by atoms with E-state index in [0.29, 0.717) is 6.54 Å². The molecule has 0 aliphatic carbocycles. The van der Waals surface area contributed by atoms with Crippen LogP contribution in [0.5, 0.6) is 0 Å². The summed E-state index contributed by atoms with van der Waals surface area (Å²) in [5.74, 6) is -0.142. The molecule has 0 saturated heterocycles. The summed E-state index contributed by atoms with van der Waals surface area (Å²) in [4.78, 5) is 14.8. The molecule has 4 nitrogen and oxygen atoms in total. The highest BCUT2D eigenvalue weighted by atomic mass is 16.1. The lowest BCUT2D eigenvalue weighted by atomic mass is 10.1. The van der Waals surface area contributed by atoms with Crippen molar-refractivity contribution >= 4 is 5.91 Å². The summed E-state index contributed by atoms with van der Waals surface area (Å²) in [5.41, 5.74) is 7.29. The summed E-state index contributed by atoms with van der Waals surface area (Å²) in [7, 11) is 0. The Morgan fingerprint density at radius 1 is 1.69 bits per heavy atom. The third-order valence-corrected chi connectivity index (χ3v) is 1.80. The van der Waals surface area contributed by atoms with Gasteiger partial charge >= 0.3 is 0 Å². The molecule has 1 heterocycles. The third kappa shape index (κ3) is 2.83. The Balaban J connectivity index is 2.54. The van der Waals surface area contributed by atoms with Gasteiger partial charge in [-0.3, -0.25) is 9.78 Å². The van der Waals surface area contributed by atoms with Gasteiger partial charge in [0.1, 0.15) is 0 Å². The highest BCUT2D eigenvalue weighted by Crippen LogP contribution is 2.03. The molecule has 0 aliphatic rings. The molecule has 1 aromatic rings. The van der Waals surface area contributed by atoms with Crippen molar-refractivity contribution in [3.8, 4) is 0 Å². The van der Waals surface area contributed by atoms with E-state index < -0.39 is 0 Å². The number of hydrogen-bond donors (Lipinski definition) is 2. The molecule has 0 radical (unpaired) electrons. The first kappa shape index (κ1) is 9.67. The molecule has 1 amide bonds. The molecule has 3 N–H and O–H groups in total. The van der Waals surface area contributed by atoms with Gasteiger partial charge in [0.25, 0.3) is 0 Å². The van der Waals surface area contributed by atoms with E-state index >= 15 is 0 Å². The molecule has 0 aromatic carbocycles. The van der Waals surface area contributed by atoms with Crippen LogP contribution in [-0.4, -0.2) is 17.4 Å². The molecule has 0 fully saturated rings. The zero-order valence-electron chi connectivity index (χ0n) is 7.58. The van der Waals surface area contributed by atoms with Crippen molar-refractivity contribution < 1.29 is 4.79 Å². The number of nitrogens with two attached hydrogens (primary N) is 1. The van der Waals surface area contributed by atoms with Crippen molar-refractivity contribution in [1.82, 2.24) is 10.3 Å². The maximum absolute atomic E-state index is 10.8. The molecular weight excluding hydrogens is 166 g/mol. The fourth-order valence-electron chi connectivity index (χ4n) is 0.967. The molecule has 0 unspecified atom stereocenters. The van der Waals surface area contributed by atoms with E-state index in [-0.39, 0.29) is 12.5 Å². The fourth-order valence-corrected chi connectivity index (χ4v) is 0.967. The van der Waals surface area contributed by atoms with Crippen molar-refractivity contribution in [2.45, 2.75) is 13.5 Å². The Hall–Kier alpha value is -1.42. The van der Waals surface area contributed by atoms with Gasteiger partial charge in [-0.25, -0.2) is 0 Å². The Labute approximate surface area is 77.2 Å². The lowest BCUT2D eigenvalue weighted by Crippen LogP contribution is -2.29. The lowest BCUT2D eigenvalue weighted by molar-refractivity contribution is -0.119. The van der Waals surface area contributed by atoms with Gasteiger partial charge < -0.3 is 11.1 Å². The van der Waals surface area contributed by atoms with Crippen molar-refractivity contribution in [3.63, 3.8) is 0 Å². The minimum Gasteiger partial charge on any atom is -0.351 e. The molecular formula is C9H13N3O. The van der Waals surface area contributed by atoms with E-state index in [0.717, 1.165) is 11.1 Å². The average molecular weight is 179 g/mol. The number of carbonyl (C=O) groups excluding carboxylic acids is 1. The normalized spacial score (nSPS) is 9.69. The highest BCUT2D eigenvalue weighted by molar-refractivity contribution is 5.77. The molecule has 1 rings (SSSR count). The van der Waals surface area contributed by atoms with E-state index in [1.807, 2.05) is 13.0 Å². The number of carbonyl (C=O) groups is 1. The monoisotopic (exact) mass is 179 g/mol. The molecule has 0 saturated carbocycles. The largest absolute Gasteiger partial charge is 0.351 e. The molecule has 0 atom stereocenters. The molecule has 4 heteroatoms. The molecule has 1 aromatic heterocycles. The number of aromatic nitrogens is 1. The molecule has 70 valence electrons. The van der Waals surface area contributed by atoms with Crippen LogP contribution >= 0.6 is 0 Å². The second-order valence-electron chi connectivity index (χ2n) is 2.78. The average Bonchev–Trinajstić information content (AvgIpc) is 2.16. The zero-order valence-corrected chi connectivity index (χ0v) is 7.58. The summed E-state index contributed by atoms with van der Waals surface area (Å²) in [6.45, 7) is 2.51. The van der Waals surface area contributed by atoms with Gasteiger partial charge in [-0.2, -0.15) is 0 Å². The van der Waals surface area contributed by atoms with Gasteiger partial charge in [-0.05, 0) is 24.1 Å². The molecule has 13 heavy (non-hydrogen) atoms. The first-order chi connectivity index (χ1) is 6.24. The Morgan fingerprint density at radius 2 is 2.46 bits per heavy atom. The van der Waals surface area contributed by atoms with Crippen molar-refractivity contribution in [3.05, 3.63) is 29.6 Å². The van der Waals surface area contributed by atoms with Gasteiger partial charge in [0, 0.05) is 18.9 Å². The smallest absolute Gasteiger partial charge is 0.234 e. The van der Waals surface area contributed by atoms with Crippen LogP contribution in [0.1, 0.15) is 11.1 Å². The Bertz CT molecular complexity index is 299. The summed E-state index contributed by atoms with van der Waals surface area (Å²) in [6.07, 6.45) is 3.47. The van der Waals surface area contributed by atoms with Gasteiger partial charge in [0.2, 0.25) is 5.91 Å². The Kier molecular flexibility index (Phi) is 3.40. The lowest BCUT2D eigenvalue weighted by Gasteiger charge is -2.05. The van der Waals surface area contributed by atoms with Crippen LogP contribution in [0, 0.1) is 6.92 Å². The van der Waals surface area contributed by atoms with Crippen LogP contribution in [0.3, 0.4) is 0 Å². The SMILES string of the molecule is Cc1cnccc1CNC(=O)CN. The van der Waals surface area contributed by atoms with Gasteiger partial charge in [-0.1, -0.05) is 0 Å². The number of aryl methyl sites for hydroxylation is 1. The minimum absolute atomic E-state index is 0.0319. The third-order valence-electron chi connectivity index (χ3n) is 1.80. The van der Waals surface area contributed by atoms with Crippen LogP contribution in [0.2, 0.25) is 0 Å². The topological polar surface area (TPSA) is 68.0 Å². The first-order valence-electron chi connectivity index (χ1n) is 4.10. The predicted octanol–water partition coefficient (Wildman–Crippen LogP) is -0.0351. The molecule has 0 aliphatic heterocycles. The quantitative estimate of drug-likeness (QED) is 0.684. The summed E-state index contributed by atoms with van der Waals surface area (Å²) in [6, 6.07) is 1.88. The standard InChI is InChI=1S/C9H13N3O/c1-7-5-11-3-2-8(7)6-12-9(13)4-10/h2-3,5H,4,6,10H2,1H3,(H,12,13). The van der Waals surface area contributed by atoms with E-state index in [9.17, 15) is 4.79 Å². The number of nitrogens with zero attached hydrogens (tertiary/aromatic N) is 1. The van der Waals surface area contributed by atoms with Crippen molar-refractivity contribution in [1.29, 1.82) is 0 Å². The minimum atomic E-state index is -0.142.